The van der Waals surface area contributed by atoms with Crippen molar-refractivity contribution in [3.63, 3.8) is 0 Å². The Labute approximate surface area is 329 Å². The second-order valence-corrected chi connectivity index (χ2v) is 14.7. The number of nitrogens with one attached hydrogen (secondary N) is 1. The number of rotatable bonds is 13. The van der Waals surface area contributed by atoms with Crippen LogP contribution in [0.5, 0.6) is 0 Å². The Kier molecular flexibility index (Phi) is 16.5. The number of aliphatic hydroxyl groups is 15. The van der Waals surface area contributed by atoms with Crippen molar-refractivity contribution in [2.24, 2.45) is 0 Å². The molecule has 5 fully saturated rings. The molecule has 0 spiro atoms. The average Bonchev–Trinajstić information content (AvgIpc) is 3.19. The maximum atomic E-state index is 12.5. The second kappa shape index (κ2) is 20.1. The summed E-state index contributed by atoms with van der Waals surface area (Å²) in [4.78, 5) is 12.5. The van der Waals surface area contributed by atoms with E-state index in [-0.39, 0.29) is 0 Å². The normalized spacial score (nSPS) is 51.6. The molecule has 16 N–H and O–H groups in total. The molecule has 26 nitrogen and oxygen atoms in total. The number of hydrogen-bond acceptors (Lipinski definition) is 25. The van der Waals surface area contributed by atoms with Gasteiger partial charge in [0, 0.05) is 6.92 Å². The minimum absolute atomic E-state index is 0.816. The van der Waals surface area contributed by atoms with Crippen molar-refractivity contribution in [1.29, 1.82) is 0 Å². The highest BCUT2D eigenvalue weighted by atomic mass is 16.8. The topological polar surface area (TPSA) is 416 Å². The van der Waals surface area contributed by atoms with Crippen LogP contribution < -0.4 is 5.32 Å². The van der Waals surface area contributed by atoms with Gasteiger partial charge >= 0.3 is 0 Å². The Bertz CT molecular complexity index is 1310. The molecule has 0 unspecified atom stereocenters. The van der Waals surface area contributed by atoms with E-state index in [1.165, 1.54) is 6.92 Å². The lowest BCUT2D eigenvalue weighted by atomic mass is 9.94. The van der Waals surface area contributed by atoms with E-state index < -0.39 is 186 Å². The van der Waals surface area contributed by atoms with Gasteiger partial charge in [0.1, 0.15) is 116 Å². The summed E-state index contributed by atoms with van der Waals surface area (Å²) in [7, 11) is 0. The van der Waals surface area contributed by atoms with Gasteiger partial charge in [-0.2, -0.15) is 0 Å². The highest BCUT2D eigenvalue weighted by Crippen LogP contribution is 2.36. The molecular weight excluding hydrogens is 798 g/mol. The Hall–Kier alpha value is -1.49. The number of ether oxygens (including phenoxy) is 9. The fourth-order valence-corrected chi connectivity index (χ4v) is 7.34. The smallest absolute Gasteiger partial charge is 0.217 e. The molecular formula is C32H55NO25. The van der Waals surface area contributed by atoms with Crippen molar-refractivity contribution in [3.8, 4) is 0 Å². The largest absolute Gasteiger partial charge is 0.394 e. The zero-order valence-corrected chi connectivity index (χ0v) is 31.1. The van der Waals surface area contributed by atoms with Gasteiger partial charge in [-0.25, -0.2) is 0 Å². The highest BCUT2D eigenvalue weighted by Gasteiger charge is 2.57. The summed E-state index contributed by atoms with van der Waals surface area (Å²) in [5.74, 6) is -0.816. The number of aliphatic hydroxyl groups excluding tert-OH is 15. The molecule has 5 heterocycles. The third-order valence-electron chi connectivity index (χ3n) is 10.7. The van der Waals surface area contributed by atoms with Crippen LogP contribution in [0.1, 0.15) is 13.8 Å². The maximum absolute atomic E-state index is 12.5. The van der Waals surface area contributed by atoms with Gasteiger partial charge in [-0.15, -0.1) is 0 Å². The number of carbonyl (C=O) groups is 1. The van der Waals surface area contributed by atoms with E-state index in [0.717, 1.165) is 6.92 Å². The van der Waals surface area contributed by atoms with Crippen LogP contribution in [0, 0.1) is 0 Å². The van der Waals surface area contributed by atoms with Gasteiger partial charge in [0.25, 0.3) is 0 Å². The van der Waals surface area contributed by atoms with Crippen LogP contribution in [0.2, 0.25) is 0 Å². The summed E-state index contributed by atoms with van der Waals surface area (Å²) in [5, 5.41) is 160. The first-order valence-corrected chi connectivity index (χ1v) is 18.5. The van der Waals surface area contributed by atoms with E-state index in [1.807, 2.05) is 0 Å². The molecule has 25 atom stereocenters. The van der Waals surface area contributed by atoms with Gasteiger partial charge in [-0.1, -0.05) is 0 Å². The minimum Gasteiger partial charge on any atom is -0.394 e. The molecule has 5 aliphatic rings. The zero-order chi connectivity index (χ0) is 42.9. The Balaban J connectivity index is 1.42. The van der Waals surface area contributed by atoms with Crippen LogP contribution in [0.4, 0.5) is 0 Å². The van der Waals surface area contributed by atoms with Gasteiger partial charge in [0.05, 0.1) is 32.5 Å². The number of carbonyl (C=O) groups excluding carboxylic acids is 1. The van der Waals surface area contributed by atoms with Crippen molar-refractivity contribution >= 4 is 5.91 Å². The van der Waals surface area contributed by atoms with E-state index in [2.05, 4.69) is 5.32 Å². The van der Waals surface area contributed by atoms with E-state index in [0.29, 0.717) is 0 Å². The molecule has 26 heteroatoms. The van der Waals surface area contributed by atoms with Crippen molar-refractivity contribution in [1.82, 2.24) is 5.32 Å². The van der Waals surface area contributed by atoms with Crippen molar-refractivity contribution in [2.75, 3.05) is 26.4 Å². The van der Waals surface area contributed by atoms with E-state index >= 15 is 0 Å². The summed E-state index contributed by atoms with van der Waals surface area (Å²) >= 11 is 0. The Morgan fingerprint density at radius 2 is 0.862 bits per heavy atom. The third kappa shape index (κ3) is 9.75. The predicted molar refractivity (Wildman–Crippen MR) is 177 cm³/mol. The van der Waals surface area contributed by atoms with E-state index in [4.69, 9.17) is 42.6 Å². The molecule has 5 saturated heterocycles. The van der Waals surface area contributed by atoms with Gasteiger partial charge in [-0.3, -0.25) is 4.79 Å². The Morgan fingerprint density at radius 1 is 0.448 bits per heavy atom. The zero-order valence-electron chi connectivity index (χ0n) is 31.1. The summed E-state index contributed by atoms with van der Waals surface area (Å²) < 4.78 is 51.0. The quantitative estimate of drug-likeness (QED) is 0.0818. The van der Waals surface area contributed by atoms with Gasteiger partial charge in [0.2, 0.25) is 5.91 Å². The molecule has 0 bridgehead atoms. The SMILES string of the molecule is CC(=O)N[C@H]1[C@H](O[C@H]2[C@H](O[C@H]3[C@H](O)[C@@H](O)[C@H](O)O[C@@H]3CO)O[C@H](CO)[C@H](O)[C@@H]2O)O[C@H](CO)[C@@H](O[C@@H]2O[C@H](CO)[C@H](O)[C@H](O)[C@H]2O[C@@H]2O[C@@H](C)[C@@H](O)[C@@H](O)[C@@H]2O)[C@@H]1O. The molecule has 58 heavy (non-hydrogen) atoms. The van der Waals surface area contributed by atoms with Gasteiger partial charge < -0.3 is 125 Å². The molecule has 0 aliphatic carbocycles. The van der Waals surface area contributed by atoms with Crippen molar-refractivity contribution < 1.29 is 124 Å². The molecule has 338 valence electrons. The first-order valence-electron chi connectivity index (χ1n) is 18.5. The lowest BCUT2D eigenvalue weighted by Crippen LogP contribution is -2.70. The van der Waals surface area contributed by atoms with Crippen LogP contribution in [0.15, 0.2) is 0 Å². The fraction of sp³-hybridized carbons (Fsp3) is 0.969. The summed E-state index contributed by atoms with van der Waals surface area (Å²) in [5.41, 5.74) is 0. The molecule has 1 amide bonds. The fourth-order valence-electron chi connectivity index (χ4n) is 7.34. The molecule has 0 saturated carbocycles. The molecule has 5 rings (SSSR count). The third-order valence-corrected chi connectivity index (χ3v) is 10.7. The van der Waals surface area contributed by atoms with Crippen molar-refractivity contribution in [2.45, 2.75) is 167 Å². The van der Waals surface area contributed by atoms with Crippen LogP contribution in [-0.4, -0.2) is 262 Å². The van der Waals surface area contributed by atoms with Crippen LogP contribution >= 0.6 is 0 Å². The highest BCUT2D eigenvalue weighted by molar-refractivity contribution is 5.73. The monoisotopic (exact) mass is 853 g/mol. The van der Waals surface area contributed by atoms with E-state index in [9.17, 15) is 81.4 Å². The standard InChI is InChI=1S/C32H55NO25/c1-7-14(39)18(43)23(48)30(50-7)58-27-20(45)16(41)10(4-35)53-32(27)55-24-12(6-37)54-29(13(17(24)42)33-8(2)38)57-26-19(44)15(40)9(3-34)52-31(26)56-25-11(5-36)51-28(49)22(47)21(25)46/h7,9-32,34-37,39-49H,3-6H2,1-2H3,(H,33,38)/t7-,9+,10+,11+,12+,13+,14+,15-,16-,17+,18+,19-,20-,21+,22+,23-,24+,25+,26+,27+,28+,29-,30-,31-,32-/m0/s1. The lowest BCUT2D eigenvalue weighted by Gasteiger charge is -2.50. The summed E-state index contributed by atoms with van der Waals surface area (Å²) in [6, 6.07) is -1.73. The first kappa shape index (κ1) is 47.6. The average molecular weight is 854 g/mol. The summed E-state index contributed by atoms with van der Waals surface area (Å²) in [6.07, 6.45) is -43.2. The maximum Gasteiger partial charge on any atom is 0.217 e. The Morgan fingerprint density at radius 3 is 1.34 bits per heavy atom. The molecule has 5 aliphatic heterocycles. The molecule has 0 radical (unpaired) electrons. The van der Waals surface area contributed by atoms with E-state index in [1.54, 1.807) is 0 Å². The second-order valence-electron chi connectivity index (χ2n) is 14.7. The molecule has 0 aromatic carbocycles. The summed E-state index contributed by atoms with van der Waals surface area (Å²) in [6.45, 7) is -1.32. The number of hydrogen-bond donors (Lipinski definition) is 16. The molecule has 0 aromatic rings. The first-order chi connectivity index (χ1) is 27.4. The number of amides is 1. The van der Waals surface area contributed by atoms with Crippen molar-refractivity contribution in [3.05, 3.63) is 0 Å². The van der Waals surface area contributed by atoms with Gasteiger partial charge in [-0.05, 0) is 6.92 Å². The predicted octanol–water partition coefficient (Wildman–Crippen LogP) is -10.8. The van der Waals surface area contributed by atoms with Gasteiger partial charge in [0.15, 0.2) is 31.5 Å². The molecule has 0 aromatic heterocycles. The van der Waals surface area contributed by atoms with Crippen LogP contribution in [-0.2, 0) is 47.4 Å². The van der Waals surface area contributed by atoms with Crippen LogP contribution in [0.25, 0.3) is 0 Å². The van der Waals surface area contributed by atoms with Crippen LogP contribution in [0.3, 0.4) is 0 Å². The minimum atomic E-state index is -2.04. The lowest BCUT2D eigenvalue weighted by molar-refractivity contribution is -0.395.